The Kier molecular flexibility index (Phi) is 4.85. The molecule has 4 nitrogen and oxygen atoms in total. The van der Waals surface area contributed by atoms with Gasteiger partial charge in [-0.3, -0.25) is 0 Å². The van der Waals surface area contributed by atoms with Gasteiger partial charge in [0.15, 0.2) is 0 Å². The van der Waals surface area contributed by atoms with E-state index in [4.69, 9.17) is 5.26 Å². The second kappa shape index (κ2) is 7.21. The SMILES string of the molecule is N#Cc1ccc(NSc2c[nH]cc2C(O)c2ccccc2)c(F)c1. The number of aromatic nitrogens is 1. The average Bonchev–Trinajstić information content (AvgIpc) is 3.09. The van der Waals surface area contributed by atoms with Gasteiger partial charge in [-0.1, -0.05) is 30.3 Å². The highest BCUT2D eigenvalue weighted by Crippen LogP contribution is 2.32. The van der Waals surface area contributed by atoms with Crippen molar-refractivity contribution in [1.29, 1.82) is 5.26 Å². The Balaban J connectivity index is 1.76. The summed E-state index contributed by atoms with van der Waals surface area (Å²) in [6.07, 6.45) is 2.69. The molecule has 24 heavy (non-hydrogen) atoms. The van der Waals surface area contributed by atoms with Gasteiger partial charge in [-0.05, 0) is 35.7 Å². The zero-order valence-corrected chi connectivity index (χ0v) is 13.3. The number of halogens is 1. The molecule has 0 amide bonds. The van der Waals surface area contributed by atoms with Crippen molar-refractivity contribution in [2.75, 3.05) is 4.72 Å². The predicted octanol–water partition coefficient (Wildman–Crippen LogP) is 4.23. The summed E-state index contributed by atoms with van der Waals surface area (Å²) >= 11 is 1.19. The van der Waals surface area contributed by atoms with Crippen molar-refractivity contribution >= 4 is 17.6 Å². The molecule has 3 rings (SSSR count). The van der Waals surface area contributed by atoms with Gasteiger partial charge in [-0.2, -0.15) is 5.26 Å². The Morgan fingerprint density at radius 2 is 1.96 bits per heavy atom. The lowest BCUT2D eigenvalue weighted by atomic mass is 10.0. The van der Waals surface area contributed by atoms with Crippen LogP contribution in [0.3, 0.4) is 0 Å². The lowest BCUT2D eigenvalue weighted by Gasteiger charge is -2.12. The number of nitrogens with zero attached hydrogens (tertiary/aromatic N) is 1. The number of aromatic amines is 1. The molecule has 3 aromatic rings. The van der Waals surface area contributed by atoms with E-state index >= 15 is 0 Å². The Hall–Kier alpha value is -2.75. The number of aliphatic hydroxyl groups is 1. The molecule has 0 bridgehead atoms. The maximum atomic E-state index is 13.9. The average molecular weight is 339 g/mol. The lowest BCUT2D eigenvalue weighted by Crippen LogP contribution is -2.00. The van der Waals surface area contributed by atoms with Crippen molar-refractivity contribution in [3.8, 4) is 6.07 Å². The second-order valence-corrected chi connectivity index (χ2v) is 5.95. The number of aliphatic hydroxyl groups excluding tert-OH is 1. The zero-order valence-electron chi connectivity index (χ0n) is 12.5. The summed E-state index contributed by atoms with van der Waals surface area (Å²) in [7, 11) is 0. The van der Waals surface area contributed by atoms with Gasteiger partial charge in [-0.15, -0.1) is 0 Å². The van der Waals surface area contributed by atoms with E-state index in [2.05, 4.69) is 9.71 Å². The van der Waals surface area contributed by atoms with Crippen LogP contribution >= 0.6 is 11.9 Å². The molecule has 0 radical (unpaired) electrons. The van der Waals surface area contributed by atoms with E-state index in [1.54, 1.807) is 18.5 Å². The van der Waals surface area contributed by atoms with E-state index in [-0.39, 0.29) is 11.3 Å². The van der Waals surface area contributed by atoms with Crippen molar-refractivity contribution in [2.24, 2.45) is 0 Å². The minimum atomic E-state index is -0.771. The molecule has 1 atom stereocenters. The predicted molar refractivity (Wildman–Crippen MR) is 91.9 cm³/mol. The highest BCUT2D eigenvalue weighted by molar-refractivity contribution is 8.00. The molecule has 120 valence electrons. The molecule has 1 aromatic heterocycles. The highest BCUT2D eigenvalue weighted by atomic mass is 32.2. The number of rotatable bonds is 5. The van der Waals surface area contributed by atoms with Crippen LogP contribution in [-0.4, -0.2) is 10.1 Å². The third-order valence-corrected chi connectivity index (χ3v) is 4.41. The molecule has 0 aliphatic carbocycles. The van der Waals surface area contributed by atoms with Crippen LogP contribution in [0, 0.1) is 17.1 Å². The van der Waals surface area contributed by atoms with Gasteiger partial charge in [0, 0.05) is 18.0 Å². The number of H-pyrrole nitrogens is 1. The number of hydrogen-bond donors (Lipinski definition) is 3. The summed E-state index contributed by atoms with van der Waals surface area (Å²) in [6.45, 7) is 0. The van der Waals surface area contributed by atoms with Gasteiger partial charge in [0.2, 0.25) is 0 Å². The molecule has 1 unspecified atom stereocenters. The summed E-state index contributed by atoms with van der Waals surface area (Å²) < 4.78 is 16.8. The fourth-order valence-electron chi connectivity index (χ4n) is 2.26. The van der Waals surface area contributed by atoms with Crippen LogP contribution in [0.2, 0.25) is 0 Å². The summed E-state index contributed by atoms with van der Waals surface area (Å²) in [4.78, 5) is 3.72. The molecule has 0 spiro atoms. The van der Waals surface area contributed by atoms with E-state index in [0.717, 1.165) is 10.5 Å². The van der Waals surface area contributed by atoms with Gasteiger partial charge in [0.05, 0.1) is 22.2 Å². The number of nitriles is 1. The molecule has 0 fully saturated rings. The minimum absolute atomic E-state index is 0.268. The molecule has 0 aliphatic heterocycles. The van der Waals surface area contributed by atoms with Gasteiger partial charge in [-0.25, -0.2) is 4.39 Å². The largest absolute Gasteiger partial charge is 0.384 e. The highest BCUT2D eigenvalue weighted by Gasteiger charge is 2.16. The van der Waals surface area contributed by atoms with E-state index in [9.17, 15) is 9.50 Å². The molecule has 0 aliphatic rings. The van der Waals surface area contributed by atoms with Crippen LogP contribution < -0.4 is 4.72 Å². The Morgan fingerprint density at radius 1 is 1.17 bits per heavy atom. The zero-order chi connectivity index (χ0) is 16.9. The van der Waals surface area contributed by atoms with Crippen LogP contribution in [0.4, 0.5) is 10.1 Å². The molecule has 3 N–H and O–H groups in total. The lowest BCUT2D eigenvalue weighted by molar-refractivity contribution is 0.218. The second-order valence-electron chi connectivity index (χ2n) is 5.10. The third-order valence-electron chi connectivity index (χ3n) is 3.52. The summed E-state index contributed by atoms with van der Waals surface area (Å²) in [5.41, 5.74) is 2.03. The van der Waals surface area contributed by atoms with Crippen LogP contribution in [0.25, 0.3) is 0 Å². The third kappa shape index (κ3) is 3.43. The van der Waals surface area contributed by atoms with Crippen molar-refractivity contribution in [2.45, 2.75) is 11.0 Å². The number of benzene rings is 2. The van der Waals surface area contributed by atoms with Crippen LogP contribution in [0.15, 0.2) is 65.8 Å². The Morgan fingerprint density at radius 3 is 2.67 bits per heavy atom. The van der Waals surface area contributed by atoms with E-state index in [1.807, 2.05) is 36.4 Å². The molecular weight excluding hydrogens is 325 g/mol. The maximum Gasteiger partial charge on any atom is 0.148 e. The minimum Gasteiger partial charge on any atom is -0.384 e. The molecule has 2 aromatic carbocycles. The first-order valence-corrected chi connectivity index (χ1v) is 8.03. The van der Waals surface area contributed by atoms with Crippen LogP contribution in [-0.2, 0) is 0 Å². The number of hydrogen-bond acceptors (Lipinski definition) is 4. The fraction of sp³-hybridized carbons (Fsp3) is 0.0556. The summed E-state index contributed by atoms with van der Waals surface area (Å²) in [6, 6.07) is 15.4. The van der Waals surface area contributed by atoms with Gasteiger partial charge >= 0.3 is 0 Å². The Bertz CT molecular complexity index is 873. The maximum absolute atomic E-state index is 13.9. The van der Waals surface area contributed by atoms with E-state index in [1.165, 1.54) is 24.1 Å². The van der Waals surface area contributed by atoms with Crippen molar-refractivity contribution in [3.63, 3.8) is 0 Å². The van der Waals surface area contributed by atoms with Gasteiger partial charge < -0.3 is 14.8 Å². The molecule has 0 saturated carbocycles. The smallest absolute Gasteiger partial charge is 0.148 e. The van der Waals surface area contributed by atoms with Gasteiger partial charge in [0.25, 0.3) is 0 Å². The normalized spacial score (nSPS) is 11.7. The molecule has 0 saturated heterocycles. The van der Waals surface area contributed by atoms with Crippen LogP contribution in [0.5, 0.6) is 0 Å². The van der Waals surface area contributed by atoms with E-state index < -0.39 is 11.9 Å². The quantitative estimate of drug-likeness (QED) is 0.608. The molecule has 1 heterocycles. The first kappa shape index (κ1) is 16.1. The Labute approximate surface area is 143 Å². The van der Waals surface area contributed by atoms with E-state index in [0.29, 0.717) is 5.56 Å². The molecule has 6 heteroatoms. The van der Waals surface area contributed by atoms with Crippen molar-refractivity contribution in [1.82, 2.24) is 4.98 Å². The van der Waals surface area contributed by atoms with Crippen molar-refractivity contribution in [3.05, 3.63) is 83.4 Å². The van der Waals surface area contributed by atoms with Crippen molar-refractivity contribution < 1.29 is 9.50 Å². The standard InChI is InChI=1S/C18H14FN3OS/c19-15-8-12(9-20)6-7-16(15)22-24-17-11-21-10-14(17)18(23)13-4-2-1-3-5-13/h1-8,10-11,18,21-23H. The van der Waals surface area contributed by atoms with Crippen LogP contribution in [0.1, 0.15) is 22.8 Å². The first-order chi connectivity index (χ1) is 11.7. The molecular formula is C18H14FN3OS. The number of nitrogens with one attached hydrogen (secondary N) is 2. The fourth-order valence-corrected chi connectivity index (χ4v) is 3.06. The first-order valence-electron chi connectivity index (χ1n) is 7.21. The van der Waals surface area contributed by atoms with Gasteiger partial charge in [0.1, 0.15) is 11.9 Å². The summed E-state index contributed by atoms with van der Waals surface area (Å²) in [5, 5.41) is 19.3. The number of anilines is 1. The topological polar surface area (TPSA) is 71.8 Å². The summed E-state index contributed by atoms with van der Waals surface area (Å²) in [5.74, 6) is -0.498. The monoisotopic (exact) mass is 339 g/mol.